The molecule has 4 nitrogen and oxygen atoms in total. The topological polar surface area (TPSA) is 62.3 Å². The average molecular weight is 289 g/mol. The summed E-state index contributed by atoms with van der Waals surface area (Å²) in [6.07, 6.45) is -4.51. The minimum absolute atomic E-state index is 0.317. The van der Waals surface area contributed by atoms with E-state index in [4.69, 9.17) is 15.9 Å². The Morgan fingerprint density at radius 2 is 2.10 bits per heavy atom. The highest BCUT2D eigenvalue weighted by Crippen LogP contribution is 2.27. The number of nitrogens with zero attached hydrogens (tertiary/aromatic N) is 1. The van der Waals surface area contributed by atoms with Gasteiger partial charge in [0.1, 0.15) is 17.5 Å². The summed E-state index contributed by atoms with van der Waals surface area (Å²) in [5.41, 5.74) is 5.86. The van der Waals surface area contributed by atoms with Gasteiger partial charge in [0.2, 0.25) is 0 Å². The van der Waals surface area contributed by atoms with Crippen molar-refractivity contribution < 1.29 is 17.9 Å². The zero-order valence-corrected chi connectivity index (χ0v) is 11.4. The Morgan fingerprint density at radius 1 is 1.45 bits per heavy atom. The number of benzene rings is 1. The molecule has 1 unspecified atom stereocenters. The summed E-state index contributed by atoms with van der Waals surface area (Å²) >= 11 is 0. The molecule has 0 radical (unpaired) electrons. The van der Waals surface area contributed by atoms with Crippen LogP contribution in [0.4, 0.5) is 13.2 Å². The van der Waals surface area contributed by atoms with Crippen molar-refractivity contribution in [1.29, 1.82) is 5.41 Å². The van der Waals surface area contributed by atoms with E-state index < -0.39 is 17.9 Å². The number of nitrogens with one attached hydrogen (secondary N) is 1. The maximum absolute atomic E-state index is 12.7. The summed E-state index contributed by atoms with van der Waals surface area (Å²) in [5, 5.41) is 7.06. The molecule has 1 rings (SSSR count). The van der Waals surface area contributed by atoms with Crippen molar-refractivity contribution in [2.75, 3.05) is 20.7 Å². The van der Waals surface area contributed by atoms with Crippen molar-refractivity contribution >= 4 is 5.84 Å². The highest BCUT2D eigenvalue weighted by molar-refractivity contribution is 5.80. The molecule has 112 valence electrons. The minimum atomic E-state index is -4.51. The maximum atomic E-state index is 12.7. The van der Waals surface area contributed by atoms with E-state index in [2.05, 4.69) is 0 Å². The van der Waals surface area contributed by atoms with E-state index in [0.717, 1.165) is 5.56 Å². The predicted molar refractivity (Wildman–Crippen MR) is 70.8 cm³/mol. The second kappa shape index (κ2) is 6.60. The molecule has 0 heterocycles. The van der Waals surface area contributed by atoms with E-state index in [1.807, 2.05) is 0 Å². The molecule has 0 aromatic heterocycles. The Balaban J connectivity index is 2.70. The Morgan fingerprint density at radius 3 is 2.60 bits per heavy atom. The van der Waals surface area contributed by atoms with Crippen LogP contribution in [0.1, 0.15) is 5.56 Å². The number of alkyl halides is 3. The third-order valence-electron chi connectivity index (χ3n) is 2.85. The van der Waals surface area contributed by atoms with E-state index >= 15 is 0 Å². The van der Waals surface area contributed by atoms with Crippen LogP contribution < -0.4 is 10.5 Å². The van der Waals surface area contributed by atoms with Crippen LogP contribution in [0.15, 0.2) is 24.3 Å². The van der Waals surface area contributed by atoms with Crippen LogP contribution in [0.5, 0.6) is 5.75 Å². The normalized spacial score (nSPS) is 13.3. The van der Waals surface area contributed by atoms with Crippen LogP contribution >= 0.6 is 0 Å². The predicted octanol–water partition coefficient (Wildman–Crippen LogP) is 2.24. The molecule has 0 aliphatic carbocycles. The highest BCUT2D eigenvalue weighted by Gasteiger charge is 2.42. The molecule has 0 saturated heterocycles. The first-order valence-corrected chi connectivity index (χ1v) is 5.96. The number of nitrogens with two attached hydrogens (primary N) is 1. The lowest BCUT2D eigenvalue weighted by Crippen LogP contribution is -2.42. The van der Waals surface area contributed by atoms with Gasteiger partial charge >= 0.3 is 6.18 Å². The van der Waals surface area contributed by atoms with Crippen LogP contribution in [0.25, 0.3) is 0 Å². The molecule has 0 bridgehead atoms. The number of ether oxygens (including phenoxy) is 1. The molecule has 20 heavy (non-hydrogen) atoms. The summed E-state index contributed by atoms with van der Waals surface area (Å²) in [5.74, 6) is -2.16. The van der Waals surface area contributed by atoms with Crippen LogP contribution in [-0.2, 0) is 6.54 Å². The zero-order valence-electron chi connectivity index (χ0n) is 11.4. The molecular weight excluding hydrogens is 271 g/mol. The standard InChI is InChI=1S/C13H18F3N3O/c1-19(8-11(12(17)18)13(14,15)16)7-9-4-3-5-10(6-9)20-2/h3-6,11H,7-8H2,1-2H3,(H3,17,18). The molecule has 1 aromatic carbocycles. The lowest BCUT2D eigenvalue weighted by atomic mass is 10.1. The lowest BCUT2D eigenvalue weighted by molar-refractivity contribution is -0.159. The summed E-state index contributed by atoms with van der Waals surface area (Å²) in [6.45, 7) is -0.0346. The summed E-state index contributed by atoms with van der Waals surface area (Å²) in [4.78, 5) is 1.48. The average Bonchev–Trinajstić information content (AvgIpc) is 2.34. The highest BCUT2D eigenvalue weighted by atomic mass is 19.4. The van der Waals surface area contributed by atoms with Gasteiger partial charge in [-0.05, 0) is 24.7 Å². The zero-order chi connectivity index (χ0) is 15.3. The molecule has 0 spiro atoms. The number of hydrogen-bond acceptors (Lipinski definition) is 3. The fourth-order valence-electron chi connectivity index (χ4n) is 1.84. The van der Waals surface area contributed by atoms with Gasteiger partial charge in [0.05, 0.1) is 7.11 Å². The Bertz CT molecular complexity index is 462. The molecule has 0 aliphatic rings. The molecule has 0 saturated carbocycles. The van der Waals surface area contributed by atoms with E-state index in [0.29, 0.717) is 12.3 Å². The van der Waals surface area contributed by atoms with Crippen molar-refractivity contribution in [3.63, 3.8) is 0 Å². The SMILES string of the molecule is COc1cccc(CN(C)CC(C(=N)N)C(F)(F)F)c1. The van der Waals surface area contributed by atoms with Crippen LogP contribution in [0, 0.1) is 11.3 Å². The summed E-state index contributed by atoms with van der Waals surface area (Å²) in [7, 11) is 3.08. The van der Waals surface area contributed by atoms with Crippen LogP contribution in [0.2, 0.25) is 0 Å². The maximum Gasteiger partial charge on any atom is 0.399 e. The van der Waals surface area contributed by atoms with Gasteiger partial charge in [-0.25, -0.2) is 0 Å². The molecular formula is C13H18F3N3O. The Labute approximate surface area is 115 Å². The third kappa shape index (κ3) is 4.73. The first-order chi connectivity index (χ1) is 9.24. The molecule has 1 aromatic rings. The number of hydrogen-bond donors (Lipinski definition) is 2. The molecule has 1 atom stereocenters. The van der Waals surface area contributed by atoms with Crippen LogP contribution in [0.3, 0.4) is 0 Å². The molecule has 0 aliphatic heterocycles. The van der Waals surface area contributed by atoms with Crippen molar-refractivity contribution in [3.8, 4) is 5.75 Å². The number of methoxy groups -OCH3 is 1. The van der Waals surface area contributed by atoms with Gasteiger partial charge in [0.15, 0.2) is 0 Å². The van der Waals surface area contributed by atoms with Crippen LogP contribution in [-0.4, -0.2) is 37.6 Å². The Hall–Kier alpha value is -1.76. The minimum Gasteiger partial charge on any atom is -0.497 e. The van der Waals surface area contributed by atoms with Gasteiger partial charge in [0, 0.05) is 13.1 Å². The van der Waals surface area contributed by atoms with Crippen molar-refractivity contribution in [2.45, 2.75) is 12.7 Å². The summed E-state index contributed by atoms with van der Waals surface area (Å²) < 4.78 is 43.2. The van der Waals surface area contributed by atoms with Gasteiger partial charge in [-0.1, -0.05) is 12.1 Å². The van der Waals surface area contributed by atoms with E-state index in [9.17, 15) is 13.2 Å². The Kier molecular flexibility index (Phi) is 5.38. The molecule has 7 heteroatoms. The fraction of sp³-hybridized carbons (Fsp3) is 0.462. The van der Waals surface area contributed by atoms with Crippen molar-refractivity contribution in [1.82, 2.24) is 4.90 Å². The van der Waals surface area contributed by atoms with Crippen molar-refractivity contribution in [2.24, 2.45) is 11.7 Å². The first kappa shape index (κ1) is 16.3. The molecule has 0 amide bonds. The van der Waals surface area contributed by atoms with E-state index in [1.165, 1.54) is 12.0 Å². The van der Waals surface area contributed by atoms with Gasteiger partial charge in [-0.3, -0.25) is 5.41 Å². The number of amidine groups is 1. The third-order valence-corrected chi connectivity index (χ3v) is 2.85. The second-order valence-electron chi connectivity index (χ2n) is 4.60. The monoisotopic (exact) mass is 289 g/mol. The van der Waals surface area contributed by atoms with Gasteiger partial charge in [-0.15, -0.1) is 0 Å². The summed E-state index contributed by atoms with van der Waals surface area (Å²) in [6, 6.07) is 7.09. The smallest absolute Gasteiger partial charge is 0.399 e. The first-order valence-electron chi connectivity index (χ1n) is 5.96. The lowest BCUT2D eigenvalue weighted by Gasteiger charge is -2.25. The largest absolute Gasteiger partial charge is 0.497 e. The molecule has 0 fully saturated rings. The number of rotatable bonds is 6. The van der Waals surface area contributed by atoms with Gasteiger partial charge in [-0.2, -0.15) is 13.2 Å². The van der Waals surface area contributed by atoms with Gasteiger partial charge < -0.3 is 15.4 Å². The van der Waals surface area contributed by atoms with E-state index in [-0.39, 0.29) is 6.54 Å². The second-order valence-corrected chi connectivity index (χ2v) is 4.60. The van der Waals surface area contributed by atoms with Gasteiger partial charge in [0.25, 0.3) is 0 Å². The fourth-order valence-corrected chi connectivity index (χ4v) is 1.84. The molecule has 3 N–H and O–H groups in total. The van der Waals surface area contributed by atoms with E-state index in [1.54, 1.807) is 31.3 Å². The quantitative estimate of drug-likeness (QED) is 0.623. The van der Waals surface area contributed by atoms with Crippen molar-refractivity contribution in [3.05, 3.63) is 29.8 Å². The number of halogens is 3.